The number of rotatable bonds is 7. The fraction of sp³-hybridized carbons (Fsp3) is 0.0833. The van der Waals surface area contributed by atoms with Crippen LogP contribution in [0.1, 0.15) is 11.1 Å². The van der Waals surface area contributed by atoms with Crippen LogP contribution in [0, 0.1) is 15.9 Å². The lowest BCUT2D eigenvalue weighted by Crippen LogP contribution is -2.32. The second-order valence-corrected chi connectivity index (χ2v) is 7.20. The summed E-state index contributed by atoms with van der Waals surface area (Å²) in [4.78, 5) is 38.2. The van der Waals surface area contributed by atoms with Gasteiger partial charge >= 0.3 is 0 Å². The summed E-state index contributed by atoms with van der Waals surface area (Å²) in [5.74, 6) is -1.12. The van der Waals surface area contributed by atoms with Gasteiger partial charge in [-0.25, -0.2) is 4.39 Å². The largest absolute Gasteiger partial charge is 0.495 e. The zero-order chi connectivity index (χ0) is 23.5. The highest BCUT2D eigenvalue weighted by Crippen LogP contribution is 2.34. The number of carbonyl (C=O) groups is 2. The summed E-state index contributed by atoms with van der Waals surface area (Å²) in [6.07, 6.45) is 0. The van der Waals surface area contributed by atoms with Crippen molar-refractivity contribution in [1.82, 2.24) is 4.90 Å². The minimum Gasteiger partial charge on any atom is -0.495 e. The SMILES string of the molecule is COc1ccccc1NC1=C(c2ccc([N+](=O)[O-])cc2)C(=O)N(Cc2ccc(F)cc2)C1=O. The maximum atomic E-state index is 13.3. The Morgan fingerprint density at radius 1 is 0.970 bits per heavy atom. The number of ether oxygens (including phenoxy) is 1. The molecule has 0 unspecified atom stereocenters. The third kappa shape index (κ3) is 4.29. The number of hydrogen-bond acceptors (Lipinski definition) is 6. The van der Waals surface area contributed by atoms with E-state index in [4.69, 9.17) is 4.74 Å². The van der Waals surface area contributed by atoms with Gasteiger partial charge in [0.25, 0.3) is 17.5 Å². The van der Waals surface area contributed by atoms with E-state index in [1.54, 1.807) is 24.3 Å². The fourth-order valence-corrected chi connectivity index (χ4v) is 3.51. The molecule has 9 heteroatoms. The van der Waals surface area contributed by atoms with Gasteiger partial charge in [-0.05, 0) is 47.5 Å². The van der Waals surface area contributed by atoms with Crippen LogP contribution in [0.2, 0.25) is 0 Å². The van der Waals surface area contributed by atoms with Crippen LogP contribution < -0.4 is 10.1 Å². The van der Waals surface area contributed by atoms with Crippen LogP contribution in [-0.2, 0) is 16.1 Å². The number of carbonyl (C=O) groups excluding carboxylic acids is 2. The number of nitrogens with one attached hydrogen (secondary N) is 1. The third-order valence-corrected chi connectivity index (χ3v) is 5.16. The molecule has 0 spiro atoms. The molecule has 1 aliphatic rings. The number of nitrogens with zero attached hydrogens (tertiary/aromatic N) is 2. The Balaban J connectivity index is 1.76. The average Bonchev–Trinajstić information content (AvgIpc) is 3.05. The standard InChI is InChI=1S/C24H18FN3O5/c1-33-20-5-3-2-4-19(20)26-22-21(16-8-12-18(13-9-16)28(31)32)23(29)27(24(22)30)14-15-6-10-17(25)11-7-15/h2-13,26H,14H2,1H3. The molecule has 3 aromatic rings. The Labute approximate surface area is 188 Å². The van der Waals surface area contributed by atoms with Crippen molar-refractivity contribution >= 4 is 28.8 Å². The van der Waals surface area contributed by atoms with Gasteiger partial charge < -0.3 is 10.1 Å². The second-order valence-electron chi connectivity index (χ2n) is 7.20. The van der Waals surface area contributed by atoms with Gasteiger partial charge in [-0.2, -0.15) is 0 Å². The predicted molar refractivity (Wildman–Crippen MR) is 119 cm³/mol. The van der Waals surface area contributed by atoms with E-state index in [1.165, 1.54) is 55.6 Å². The van der Waals surface area contributed by atoms with Crippen molar-refractivity contribution in [2.75, 3.05) is 12.4 Å². The number of hydrogen-bond donors (Lipinski definition) is 1. The molecule has 4 rings (SSSR count). The van der Waals surface area contributed by atoms with Crippen LogP contribution in [0.5, 0.6) is 5.75 Å². The van der Waals surface area contributed by atoms with E-state index in [0.717, 1.165) is 4.90 Å². The van der Waals surface area contributed by atoms with Gasteiger partial charge in [0.2, 0.25) is 0 Å². The lowest BCUT2D eigenvalue weighted by atomic mass is 10.0. The summed E-state index contributed by atoms with van der Waals surface area (Å²) < 4.78 is 18.6. The summed E-state index contributed by atoms with van der Waals surface area (Å²) in [6, 6.07) is 17.8. The van der Waals surface area contributed by atoms with Crippen LogP contribution >= 0.6 is 0 Å². The monoisotopic (exact) mass is 447 g/mol. The molecule has 3 aromatic carbocycles. The molecule has 1 heterocycles. The highest BCUT2D eigenvalue weighted by molar-refractivity contribution is 6.36. The molecule has 0 bridgehead atoms. The smallest absolute Gasteiger partial charge is 0.278 e. The summed E-state index contributed by atoms with van der Waals surface area (Å²) in [5, 5.41) is 14.0. The summed E-state index contributed by atoms with van der Waals surface area (Å²) in [6.45, 7) is -0.0640. The molecule has 0 radical (unpaired) electrons. The number of amides is 2. The molecular formula is C24H18FN3O5. The van der Waals surface area contributed by atoms with Crippen molar-refractivity contribution < 1.29 is 23.6 Å². The predicted octanol–water partition coefficient (Wildman–Crippen LogP) is 4.13. The van der Waals surface area contributed by atoms with Crippen LogP contribution in [0.15, 0.2) is 78.5 Å². The van der Waals surface area contributed by atoms with Gasteiger partial charge in [-0.1, -0.05) is 24.3 Å². The highest BCUT2D eigenvalue weighted by atomic mass is 19.1. The molecule has 33 heavy (non-hydrogen) atoms. The van der Waals surface area contributed by atoms with Crippen molar-refractivity contribution in [3.8, 4) is 5.75 Å². The topological polar surface area (TPSA) is 102 Å². The van der Waals surface area contributed by atoms with E-state index in [1.807, 2.05) is 0 Å². The quantitative estimate of drug-likeness (QED) is 0.332. The second kappa shape index (κ2) is 8.91. The number of non-ortho nitro benzene ring substituents is 1. The Morgan fingerprint density at radius 2 is 1.64 bits per heavy atom. The third-order valence-electron chi connectivity index (χ3n) is 5.16. The van der Waals surface area contributed by atoms with Gasteiger partial charge in [0, 0.05) is 12.1 Å². The van der Waals surface area contributed by atoms with Gasteiger partial charge in [-0.3, -0.25) is 24.6 Å². The first-order valence-corrected chi connectivity index (χ1v) is 9.89. The van der Waals surface area contributed by atoms with Crippen molar-refractivity contribution in [3.05, 3.63) is 106 Å². The molecule has 0 saturated heterocycles. The van der Waals surface area contributed by atoms with Crippen molar-refractivity contribution in [2.45, 2.75) is 6.54 Å². The normalized spacial score (nSPS) is 13.5. The van der Waals surface area contributed by atoms with Crippen molar-refractivity contribution in [3.63, 3.8) is 0 Å². The lowest BCUT2D eigenvalue weighted by molar-refractivity contribution is -0.384. The van der Waals surface area contributed by atoms with E-state index in [0.29, 0.717) is 22.6 Å². The molecule has 0 aromatic heterocycles. The molecule has 0 saturated carbocycles. The van der Waals surface area contributed by atoms with Gasteiger partial charge in [-0.15, -0.1) is 0 Å². The minimum atomic E-state index is -0.580. The number of anilines is 1. The summed E-state index contributed by atoms with van der Waals surface area (Å²) >= 11 is 0. The number of benzene rings is 3. The number of imide groups is 1. The van der Waals surface area contributed by atoms with Crippen LogP contribution in [0.4, 0.5) is 15.8 Å². The molecule has 166 valence electrons. The zero-order valence-electron chi connectivity index (χ0n) is 17.4. The zero-order valence-corrected chi connectivity index (χ0v) is 17.4. The fourth-order valence-electron chi connectivity index (χ4n) is 3.51. The number of nitro groups is 1. The number of para-hydroxylation sites is 2. The molecular weight excluding hydrogens is 429 g/mol. The summed E-state index contributed by atoms with van der Waals surface area (Å²) in [7, 11) is 1.48. The van der Waals surface area contributed by atoms with E-state index in [-0.39, 0.29) is 23.5 Å². The number of nitro benzene ring substituents is 1. The van der Waals surface area contributed by atoms with Gasteiger partial charge in [0.15, 0.2) is 0 Å². The molecule has 8 nitrogen and oxygen atoms in total. The molecule has 2 amide bonds. The molecule has 1 aliphatic heterocycles. The van der Waals surface area contributed by atoms with Crippen LogP contribution in [0.25, 0.3) is 5.57 Å². The molecule has 0 fully saturated rings. The molecule has 1 N–H and O–H groups in total. The van der Waals surface area contributed by atoms with E-state index in [9.17, 15) is 24.1 Å². The Kier molecular flexibility index (Phi) is 5.86. The highest BCUT2D eigenvalue weighted by Gasteiger charge is 2.39. The lowest BCUT2D eigenvalue weighted by Gasteiger charge is -2.16. The van der Waals surface area contributed by atoms with Crippen LogP contribution in [-0.4, -0.2) is 28.7 Å². The van der Waals surface area contributed by atoms with E-state index < -0.39 is 22.6 Å². The molecule has 0 atom stereocenters. The van der Waals surface area contributed by atoms with E-state index in [2.05, 4.69) is 5.32 Å². The summed E-state index contributed by atoms with van der Waals surface area (Å²) in [5.41, 5.74) is 1.33. The first-order chi connectivity index (χ1) is 15.9. The van der Waals surface area contributed by atoms with Crippen molar-refractivity contribution in [1.29, 1.82) is 0 Å². The van der Waals surface area contributed by atoms with Gasteiger partial charge in [0.05, 0.1) is 29.8 Å². The average molecular weight is 447 g/mol. The Bertz CT molecular complexity index is 1270. The maximum Gasteiger partial charge on any atom is 0.278 e. The maximum absolute atomic E-state index is 13.3. The Hall–Kier alpha value is -4.53. The van der Waals surface area contributed by atoms with Crippen LogP contribution in [0.3, 0.4) is 0 Å². The number of methoxy groups -OCH3 is 1. The number of halogens is 1. The van der Waals surface area contributed by atoms with E-state index >= 15 is 0 Å². The first-order valence-electron chi connectivity index (χ1n) is 9.89. The first kappa shape index (κ1) is 21.7. The minimum absolute atomic E-state index is 0.0143. The van der Waals surface area contributed by atoms with Crippen molar-refractivity contribution in [2.24, 2.45) is 0 Å². The van der Waals surface area contributed by atoms with Gasteiger partial charge in [0.1, 0.15) is 17.3 Å². The Morgan fingerprint density at radius 3 is 2.27 bits per heavy atom. The molecule has 0 aliphatic carbocycles.